The molecule has 3 rings (SSSR count). The number of methoxy groups -OCH3 is 1. The molecular weight excluding hydrogens is 278 g/mol. The Bertz CT molecular complexity index is 575. The van der Waals surface area contributed by atoms with Crippen molar-refractivity contribution in [2.24, 2.45) is 0 Å². The number of para-hydroxylation sites is 1. The molecule has 0 saturated heterocycles. The number of thioether (sulfide) groups is 1. The number of hydrogen-bond donors (Lipinski definition) is 1. The molecule has 6 nitrogen and oxygen atoms in total. The van der Waals surface area contributed by atoms with Crippen molar-refractivity contribution in [2.45, 2.75) is 11.0 Å². The fourth-order valence-electron chi connectivity index (χ4n) is 1.84. The summed E-state index contributed by atoms with van der Waals surface area (Å²) in [4.78, 5) is 5.44. The van der Waals surface area contributed by atoms with E-state index in [2.05, 4.69) is 15.5 Å². The summed E-state index contributed by atoms with van der Waals surface area (Å²) in [5, 5.41) is 6.96. The maximum Gasteiger partial charge on any atom is 0.321 e. The Balaban J connectivity index is 1.66. The van der Waals surface area contributed by atoms with Crippen molar-refractivity contribution in [3.63, 3.8) is 0 Å². The second-order valence-electron chi connectivity index (χ2n) is 4.24. The molecule has 20 heavy (non-hydrogen) atoms. The van der Waals surface area contributed by atoms with E-state index in [-0.39, 0.29) is 6.10 Å². The van der Waals surface area contributed by atoms with Crippen molar-refractivity contribution in [1.29, 1.82) is 0 Å². The summed E-state index contributed by atoms with van der Waals surface area (Å²) in [5.41, 5.74) is 0. The SMILES string of the molecule is COCCNc1nc(C2CSc3ccccc3O2)no1. The Hall–Kier alpha value is -1.73. The second kappa shape index (κ2) is 6.15. The number of nitrogens with one attached hydrogen (secondary N) is 1. The Morgan fingerprint density at radius 1 is 1.45 bits per heavy atom. The van der Waals surface area contributed by atoms with Gasteiger partial charge in [-0.1, -0.05) is 17.3 Å². The maximum absolute atomic E-state index is 5.90. The lowest BCUT2D eigenvalue weighted by molar-refractivity contribution is 0.205. The van der Waals surface area contributed by atoms with Crippen LogP contribution in [-0.4, -0.2) is 36.2 Å². The zero-order chi connectivity index (χ0) is 13.8. The summed E-state index contributed by atoms with van der Waals surface area (Å²) in [6, 6.07) is 8.35. The third-order valence-electron chi connectivity index (χ3n) is 2.82. The highest BCUT2D eigenvalue weighted by Crippen LogP contribution is 2.39. The van der Waals surface area contributed by atoms with Gasteiger partial charge in [0.05, 0.1) is 6.61 Å². The molecule has 1 atom stereocenters. The van der Waals surface area contributed by atoms with E-state index < -0.39 is 0 Å². The molecule has 0 bridgehead atoms. The van der Waals surface area contributed by atoms with Crippen molar-refractivity contribution in [3.05, 3.63) is 30.1 Å². The van der Waals surface area contributed by atoms with Gasteiger partial charge in [0.1, 0.15) is 5.75 Å². The lowest BCUT2D eigenvalue weighted by Gasteiger charge is -2.22. The topological polar surface area (TPSA) is 69.4 Å². The van der Waals surface area contributed by atoms with Gasteiger partial charge in [-0.15, -0.1) is 11.8 Å². The number of benzene rings is 1. The Morgan fingerprint density at radius 3 is 3.25 bits per heavy atom. The number of nitrogens with zero attached hydrogens (tertiary/aromatic N) is 2. The van der Waals surface area contributed by atoms with Crippen LogP contribution < -0.4 is 10.1 Å². The minimum atomic E-state index is -0.184. The van der Waals surface area contributed by atoms with Gasteiger partial charge < -0.3 is 19.3 Å². The van der Waals surface area contributed by atoms with E-state index in [4.69, 9.17) is 14.0 Å². The largest absolute Gasteiger partial charge is 0.480 e. The van der Waals surface area contributed by atoms with Gasteiger partial charge in [-0.25, -0.2) is 0 Å². The normalized spacial score (nSPS) is 17.4. The van der Waals surface area contributed by atoms with Crippen molar-refractivity contribution >= 4 is 17.8 Å². The van der Waals surface area contributed by atoms with E-state index in [1.165, 1.54) is 0 Å². The predicted molar refractivity (Wildman–Crippen MR) is 75.2 cm³/mol. The van der Waals surface area contributed by atoms with Gasteiger partial charge >= 0.3 is 6.01 Å². The molecule has 0 amide bonds. The molecule has 2 heterocycles. The van der Waals surface area contributed by atoms with Gasteiger partial charge in [-0.3, -0.25) is 0 Å². The minimum Gasteiger partial charge on any atom is -0.480 e. The molecule has 1 aliphatic heterocycles. The third kappa shape index (κ3) is 2.88. The molecule has 0 radical (unpaired) electrons. The van der Waals surface area contributed by atoms with Gasteiger partial charge in [0.15, 0.2) is 6.10 Å². The Labute approximate surface area is 120 Å². The third-order valence-corrected chi connectivity index (χ3v) is 3.94. The fourth-order valence-corrected chi connectivity index (χ4v) is 2.83. The molecule has 1 N–H and O–H groups in total. The van der Waals surface area contributed by atoms with Gasteiger partial charge in [0.25, 0.3) is 0 Å². The van der Waals surface area contributed by atoms with Gasteiger partial charge in [-0.2, -0.15) is 4.98 Å². The smallest absolute Gasteiger partial charge is 0.321 e. The number of aromatic nitrogens is 2. The number of ether oxygens (including phenoxy) is 2. The van der Waals surface area contributed by atoms with E-state index in [1.807, 2.05) is 24.3 Å². The summed E-state index contributed by atoms with van der Waals surface area (Å²) in [6.07, 6.45) is -0.184. The van der Waals surface area contributed by atoms with E-state index >= 15 is 0 Å². The average Bonchev–Trinajstić information content (AvgIpc) is 2.96. The number of anilines is 1. The van der Waals surface area contributed by atoms with Crippen molar-refractivity contribution in [2.75, 3.05) is 31.3 Å². The van der Waals surface area contributed by atoms with E-state index in [0.29, 0.717) is 25.0 Å². The first-order valence-corrected chi connectivity index (χ1v) is 7.30. The van der Waals surface area contributed by atoms with Crippen LogP contribution in [0.3, 0.4) is 0 Å². The molecule has 0 spiro atoms. The number of fused-ring (bicyclic) bond motifs is 1. The van der Waals surface area contributed by atoms with Crippen molar-refractivity contribution < 1.29 is 14.0 Å². The first-order valence-electron chi connectivity index (χ1n) is 6.31. The summed E-state index contributed by atoms with van der Waals surface area (Å²) >= 11 is 1.74. The fraction of sp³-hybridized carbons (Fsp3) is 0.385. The molecule has 1 unspecified atom stereocenters. The zero-order valence-corrected chi connectivity index (χ0v) is 11.9. The van der Waals surface area contributed by atoms with Crippen LogP contribution in [0.15, 0.2) is 33.7 Å². The lowest BCUT2D eigenvalue weighted by atomic mass is 10.3. The summed E-state index contributed by atoms with van der Waals surface area (Å²) in [6.45, 7) is 1.21. The highest BCUT2D eigenvalue weighted by Gasteiger charge is 2.25. The van der Waals surface area contributed by atoms with Crippen LogP contribution in [0.5, 0.6) is 5.75 Å². The molecule has 2 aromatic rings. The Kier molecular flexibility index (Phi) is 4.08. The second-order valence-corrected chi connectivity index (χ2v) is 5.30. The van der Waals surface area contributed by atoms with Crippen LogP contribution >= 0.6 is 11.8 Å². The molecule has 1 aromatic heterocycles. The lowest BCUT2D eigenvalue weighted by Crippen LogP contribution is -2.16. The molecular formula is C13H15N3O3S. The van der Waals surface area contributed by atoms with Crippen LogP contribution in [0.2, 0.25) is 0 Å². The molecule has 1 aromatic carbocycles. The number of rotatable bonds is 5. The van der Waals surface area contributed by atoms with Crippen molar-refractivity contribution in [1.82, 2.24) is 10.1 Å². The van der Waals surface area contributed by atoms with E-state index in [1.54, 1.807) is 18.9 Å². The summed E-state index contributed by atoms with van der Waals surface area (Å²) < 4.78 is 16.0. The van der Waals surface area contributed by atoms with E-state index in [0.717, 1.165) is 16.4 Å². The highest BCUT2D eigenvalue weighted by atomic mass is 32.2. The average molecular weight is 293 g/mol. The molecule has 1 aliphatic rings. The van der Waals surface area contributed by atoms with Gasteiger partial charge in [0.2, 0.25) is 5.82 Å². The monoisotopic (exact) mass is 293 g/mol. The Morgan fingerprint density at radius 2 is 2.35 bits per heavy atom. The van der Waals surface area contributed by atoms with Crippen LogP contribution in [0.1, 0.15) is 11.9 Å². The van der Waals surface area contributed by atoms with Crippen LogP contribution in [0.25, 0.3) is 0 Å². The molecule has 0 aliphatic carbocycles. The quantitative estimate of drug-likeness (QED) is 0.848. The van der Waals surface area contributed by atoms with Crippen molar-refractivity contribution in [3.8, 4) is 5.75 Å². The summed E-state index contributed by atoms with van der Waals surface area (Å²) in [7, 11) is 1.64. The number of hydrogen-bond acceptors (Lipinski definition) is 7. The minimum absolute atomic E-state index is 0.184. The van der Waals surface area contributed by atoms with Gasteiger partial charge in [0, 0.05) is 24.3 Å². The van der Waals surface area contributed by atoms with Gasteiger partial charge in [-0.05, 0) is 12.1 Å². The first kappa shape index (κ1) is 13.3. The summed E-state index contributed by atoms with van der Waals surface area (Å²) in [5.74, 6) is 2.20. The van der Waals surface area contributed by atoms with Crippen LogP contribution in [0.4, 0.5) is 6.01 Å². The molecule has 7 heteroatoms. The maximum atomic E-state index is 5.90. The standard InChI is InChI=1S/C13H15N3O3S/c1-17-7-6-14-13-15-12(16-19-13)10-8-20-11-5-3-2-4-9(11)18-10/h2-5,10H,6-8H2,1H3,(H,14,15,16). The first-order chi connectivity index (χ1) is 9.86. The highest BCUT2D eigenvalue weighted by molar-refractivity contribution is 7.99. The molecule has 0 fully saturated rings. The zero-order valence-electron chi connectivity index (χ0n) is 11.0. The van der Waals surface area contributed by atoms with Crippen LogP contribution in [-0.2, 0) is 4.74 Å². The predicted octanol–water partition coefficient (Wildman–Crippen LogP) is 2.35. The molecule has 0 saturated carbocycles. The van der Waals surface area contributed by atoms with Crippen LogP contribution in [0, 0.1) is 0 Å². The van der Waals surface area contributed by atoms with E-state index in [9.17, 15) is 0 Å². The molecule has 106 valence electrons.